The quantitative estimate of drug-likeness (QED) is 0.333. The predicted molar refractivity (Wildman–Crippen MR) is 119 cm³/mol. The lowest BCUT2D eigenvalue weighted by molar-refractivity contribution is 0.0943. The van der Waals surface area contributed by atoms with Crippen molar-refractivity contribution in [2.45, 2.75) is 44.1 Å². The first-order valence-electron chi connectivity index (χ1n) is 9.27. The van der Waals surface area contributed by atoms with Crippen molar-refractivity contribution in [3.05, 3.63) is 35.4 Å². The van der Waals surface area contributed by atoms with Gasteiger partial charge in [0.25, 0.3) is 5.91 Å². The molecule has 144 valence electrons. The summed E-state index contributed by atoms with van der Waals surface area (Å²) in [6.45, 7) is 5.24. The first kappa shape index (κ1) is 21.4. The van der Waals surface area contributed by atoms with E-state index in [1.54, 1.807) is 0 Å². The monoisotopic (exact) mass is 411 g/mol. The molecule has 26 heavy (non-hydrogen) atoms. The number of nitrogens with one attached hydrogen (secondary N) is 3. The Morgan fingerprint density at radius 1 is 1.19 bits per heavy atom. The molecule has 0 saturated carbocycles. The number of hydrazine groups is 1. The second-order valence-corrected chi connectivity index (χ2v) is 9.72. The van der Waals surface area contributed by atoms with E-state index in [1.165, 1.54) is 42.8 Å². The molecule has 1 aliphatic heterocycles. The van der Waals surface area contributed by atoms with E-state index in [0.717, 1.165) is 6.54 Å². The fourth-order valence-electron chi connectivity index (χ4n) is 2.68. The van der Waals surface area contributed by atoms with Crippen LogP contribution >= 0.6 is 35.7 Å². The topological polar surface area (TPSA) is 53.2 Å². The van der Waals surface area contributed by atoms with E-state index in [9.17, 15) is 4.79 Å². The molecule has 1 heterocycles. The van der Waals surface area contributed by atoms with Crippen LogP contribution in [0, 0.1) is 5.92 Å². The van der Waals surface area contributed by atoms with Crippen LogP contribution < -0.4 is 16.2 Å². The molecule has 0 unspecified atom stereocenters. The second-order valence-electron chi connectivity index (χ2n) is 6.59. The van der Waals surface area contributed by atoms with Gasteiger partial charge in [-0.15, -0.1) is 23.5 Å². The number of thiocarbonyl (C=S) groups is 1. The second kappa shape index (κ2) is 11.7. The largest absolute Gasteiger partial charge is 0.361 e. The summed E-state index contributed by atoms with van der Waals surface area (Å²) < 4.78 is 0.501. The third kappa shape index (κ3) is 7.37. The van der Waals surface area contributed by atoms with E-state index in [0.29, 0.717) is 21.2 Å². The van der Waals surface area contributed by atoms with Gasteiger partial charge < -0.3 is 5.32 Å². The molecule has 0 spiro atoms. The first-order chi connectivity index (χ1) is 12.6. The van der Waals surface area contributed by atoms with Gasteiger partial charge >= 0.3 is 0 Å². The lowest BCUT2D eigenvalue weighted by atomic mass is 10.0. The smallest absolute Gasteiger partial charge is 0.269 e. The van der Waals surface area contributed by atoms with E-state index in [1.807, 2.05) is 47.8 Å². The fourth-order valence-corrected chi connectivity index (χ4v) is 5.68. The predicted octanol–water partition coefficient (Wildman–Crippen LogP) is 4.49. The van der Waals surface area contributed by atoms with Gasteiger partial charge in [0.15, 0.2) is 5.11 Å². The highest BCUT2D eigenvalue weighted by Crippen LogP contribution is 2.45. The van der Waals surface area contributed by atoms with Crippen molar-refractivity contribution in [1.29, 1.82) is 0 Å². The summed E-state index contributed by atoms with van der Waals surface area (Å²) in [5, 5.41) is 3.62. The summed E-state index contributed by atoms with van der Waals surface area (Å²) in [5.74, 6) is 2.78. The zero-order valence-corrected chi connectivity index (χ0v) is 18.0. The number of hydrogen-bond donors (Lipinski definition) is 3. The maximum atomic E-state index is 12.2. The summed E-state index contributed by atoms with van der Waals surface area (Å²) in [7, 11) is 0. The lowest BCUT2D eigenvalue weighted by Crippen LogP contribution is -2.47. The highest BCUT2D eigenvalue weighted by Gasteiger charge is 2.18. The van der Waals surface area contributed by atoms with Crippen molar-refractivity contribution < 1.29 is 4.79 Å². The molecule has 1 aromatic rings. The third-order valence-electron chi connectivity index (χ3n) is 4.27. The Bertz CT molecular complexity index is 574. The zero-order chi connectivity index (χ0) is 18.8. The van der Waals surface area contributed by atoms with Gasteiger partial charge in [-0.2, -0.15) is 0 Å². The van der Waals surface area contributed by atoms with Crippen LogP contribution in [0.4, 0.5) is 0 Å². The van der Waals surface area contributed by atoms with E-state index >= 15 is 0 Å². The summed E-state index contributed by atoms with van der Waals surface area (Å²) in [6, 6.07) is 7.83. The number of rotatable bonds is 8. The maximum Gasteiger partial charge on any atom is 0.269 e. The molecule has 0 radical (unpaired) electrons. The standard InChI is InChI=1S/C19H29N3OS3/c1-3-4-5-6-14(2)13-20-19(24)22-21-17(23)15-7-9-16(10-8-15)18-25-11-12-26-18/h7-10,14,18H,3-6,11-13H2,1-2H3,(H,21,23)(H2,20,22,24)/t14-/m1/s1. The third-order valence-corrected chi connectivity index (χ3v) is 7.62. The summed E-state index contributed by atoms with van der Waals surface area (Å²) >= 11 is 9.15. The van der Waals surface area contributed by atoms with Gasteiger partial charge in [-0.1, -0.05) is 45.2 Å². The van der Waals surface area contributed by atoms with Gasteiger partial charge in [-0.25, -0.2) is 0 Å². The molecule has 1 fully saturated rings. The van der Waals surface area contributed by atoms with Crippen LogP contribution in [-0.4, -0.2) is 29.1 Å². The molecule has 0 aliphatic carbocycles. The van der Waals surface area contributed by atoms with Gasteiger partial charge in [-0.3, -0.25) is 15.6 Å². The van der Waals surface area contributed by atoms with E-state index in [-0.39, 0.29) is 5.91 Å². The Balaban J connectivity index is 1.68. The van der Waals surface area contributed by atoms with Crippen molar-refractivity contribution in [2.75, 3.05) is 18.1 Å². The van der Waals surface area contributed by atoms with E-state index in [2.05, 4.69) is 30.0 Å². The van der Waals surface area contributed by atoms with Crippen molar-refractivity contribution in [2.24, 2.45) is 5.92 Å². The first-order valence-corrected chi connectivity index (χ1v) is 11.8. The van der Waals surface area contributed by atoms with Gasteiger partial charge in [-0.05, 0) is 42.3 Å². The molecule has 1 amide bonds. The van der Waals surface area contributed by atoms with Crippen LogP contribution in [0.15, 0.2) is 24.3 Å². The Kier molecular flexibility index (Phi) is 9.64. The summed E-state index contributed by atoms with van der Waals surface area (Å²) in [4.78, 5) is 12.2. The fraction of sp³-hybridized carbons (Fsp3) is 0.579. The van der Waals surface area contributed by atoms with Gasteiger partial charge in [0.1, 0.15) is 0 Å². The van der Waals surface area contributed by atoms with Crippen molar-refractivity contribution >= 4 is 46.8 Å². The molecule has 3 N–H and O–H groups in total. The Hall–Kier alpha value is -0.920. The van der Waals surface area contributed by atoms with Crippen LogP contribution in [0.25, 0.3) is 0 Å². The van der Waals surface area contributed by atoms with Crippen LogP contribution in [0.2, 0.25) is 0 Å². The number of benzene rings is 1. The molecular weight excluding hydrogens is 382 g/mol. The van der Waals surface area contributed by atoms with Crippen LogP contribution in [-0.2, 0) is 0 Å². The van der Waals surface area contributed by atoms with E-state index < -0.39 is 0 Å². The average molecular weight is 412 g/mol. The van der Waals surface area contributed by atoms with Crippen molar-refractivity contribution in [1.82, 2.24) is 16.2 Å². The van der Waals surface area contributed by atoms with Crippen LogP contribution in [0.5, 0.6) is 0 Å². The Morgan fingerprint density at radius 3 is 2.54 bits per heavy atom. The number of carbonyl (C=O) groups excluding carboxylic acids is 1. The number of carbonyl (C=O) groups is 1. The zero-order valence-electron chi connectivity index (χ0n) is 15.5. The minimum atomic E-state index is -0.177. The molecule has 1 saturated heterocycles. The molecule has 1 aromatic carbocycles. The molecular formula is C19H29N3OS3. The van der Waals surface area contributed by atoms with E-state index in [4.69, 9.17) is 12.2 Å². The van der Waals surface area contributed by atoms with Crippen LogP contribution in [0.3, 0.4) is 0 Å². The highest BCUT2D eigenvalue weighted by molar-refractivity contribution is 8.19. The molecule has 2 rings (SSSR count). The molecule has 1 atom stereocenters. The maximum absolute atomic E-state index is 12.2. The molecule has 4 nitrogen and oxygen atoms in total. The van der Waals surface area contributed by atoms with Crippen molar-refractivity contribution in [3.8, 4) is 0 Å². The highest BCUT2D eigenvalue weighted by atomic mass is 32.2. The van der Waals surface area contributed by atoms with Gasteiger partial charge in [0.2, 0.25) is 0 Å². The molecule has 7 heteroatoms. The number of hydrogen-bond acceptors (Lipinski definition) is 4. The summed E-state index contributed by atoms with van der Waals surface area (Å²) in [5.41, 5.74) is 7.35. The number of amides is 1. The minimum absolute atomic E-state index is 0.177. The Morgan fingerprint density at radius 2 is 1.88 bits per heavy atom. The van der Waals surface area contributed by atoms with Crippen LogP contribution in [0.1, 0.15) is 60.0 Å². The van der Waals surface area contributed by atoms with Gasteiger partial charge in [0, 0.05) is 23.6 Å². The van der Waals surface area contributed by atoms with Gasteiger partial charge in [0.05, 0.1) is 4.58 Å². The van der Waals surface area contributed by atoms with Crippen molar-refractivity contribution in [3.63, 3.8) is 0 Å². The molecule has 0 aromatic heterocycles. The minimum Gasteiger partial charge on any atom is -0.361 e. The number of unbranched alkanes of at least 4 members (excludes halogenated alkanes) is 2. The molecule has 1 aliphatic rings. The average Bonchev–Trinajstić information content (AvgIpc) is 3.19. The SMILES string of the molecule is CCCCC[C@@H](C)CNC(=S)NNC(=O)c1ccc(C2SCCS2)cc1. The summed E-state index contributed by atoms with van der Waals surface area (Å²) in [6.07, 6.45) is 4.97. The normalized spacial score (nSPS) is 15.5. The lowest BCUT2D eigenvalue weighted by Gasteiger charge is -2.15. The number of thioether (sulfide) groups is 2. The molecule has 0 bridgehead atoms. The Labute approximate surface area is 171 Å².